The summed E-state index contributed by atoms with van der Waals surface area (Å²) in [6.45, 7) is 8.71. The second-order valence-corrected chi connectivity index (χ2v) is 8.68. The van der Waals surface area contributed by atoms with Crippen LogP contribution in [0, 0.1) is 12.8 Å². The van der Waals surface area contributed by atoms with E-state index < -0.39 is 0 Å². The smallest absolute Gasteiger partial charge is 0.278 e. The molecule has 0 radical (unpaired) electrons. The van der Waals surface area contributed by atoms with Crippen molar-refractivity contribution in [1.82, 2.24) is 29.9 Å². The summed E-state index contributed by atoms with van der Waals surface area (Å²) in [5.41, 5.74) is 0.859. The van der Waals surface area contributed by atoms with Crippen molar-refractivity contribution < 1.29 is 14.2 Å². The Hall–Kier alpha value is -2.00. The summed E-state index contributed by atoms with van der Waals surface area (Å²) in [7, 11) is 2.11. The van der Waals surface area contributed by atoms with Crippen LogP contribution in [0.5, 0.6) is 0 Å². The minimum Gasteiger partial charge on any atom is -0.340 e. The molecule has 3 saturated heterocycles. The van der Waals surface area contributed by atoms with E-state index in [4.69, 9.17) is 0 Å². The normalized spacial score (nSPS) is 25.4. The number of rotatable bonds is 3. The second-order valence-electron chi connectivity index (χ2n) is 8.68. The molecule has 4 rings (SSSR count). The summed E-state index contributed by atoms with van der Waals surface area (Å²) in [5, 5.41) is 7.45. The number of carbonyl (C=O) groups is 2. The van der Waals surface area contributed by atoms with Gasteiger partial charge in [-0.1, -0.05) is 5.16 Å². The molecular weight excluding hydrogens is 372 g/mol. The fourth-order valence-corrected chi connectivity index (χ4v) is 4.83. The van der Waals surface area contributed by atoms with Crippen LogP contribution < -0.4 is 0 Å². The molecule has 0 spiro atoms. The molecule has 0 aliphatic carbocycles. The first-order valence-electron chi connectivity index (χ1n) is 10.8. The number of aromatic nitrogens is 2. The number of hydrogen-bond acceptors (Lipinski definition) is 7. The van der Waals surface area contributed by atoms with Crippen LogP contribution >= 0.6 is 0 Å². The lowest BCUT2D eigenvalue weighted by molar-refractivity contribution is -0.139. The molecule has 3 aliphatic rings. The Bertz CT molecular complexity index is 722. The number of likely N-dealkylation sites (N-methyl/N-ethyl adjacent to an activating group) is 1. The van der Waals surface area contributed by atoms with Gasteiger partial charge < -0.3 is 14.7 Å². The first kappa shape index (κ1) is 20.3. The Labute approximate surface area is 171 Å². The van der Waals surface area contributed by atoms with E-state index >= 15 is 0 Å². The number of piperidine rings is 2. The van der Waals surface area contributed by atoms with E-state index in [9.17, 15) is 9.59 Å². The molecule has 0 bridgehead atoms. The van der Waals surface area contributed by atoms with Gasteiger partial charge in [0.05, 0.1) is 5.92 Å². The molecule has 9 nitrogen and oxygen atoms in total. The third-order valence-corrected chi connectivity index (χ3v) is 6.74. The number of carbonyl (C=O) groups excluding carboxylic acids is 2. The van der Waals surface area contributed by atoms with Gasteiger partial charge in [-0.3, -0.25) is 14.5 Å². The molecule has 1 aromatic heterocycles. The van der Waals surface area contributed by atoms with Crippen LogP contribution in [0.15, 0.2) is 4.63 Å². The third kappa shape index (κ3) is 4.45. The lowest BCUT2D eigenvalue weighted by Gasteiger charge is -2.43. The molecule has 1 atom stereocenters. The van der Waals surface area contributed by atoms with Gasteiger partial charge in [-0.2, -0.15) is 0 Å². The molecule has 0 N–H and O–H groups in total. The number of likely N-dealkylation sites (tertiary alicyclic amines) is 2. The van der Waals surface area contributed by atoms with Crippen molar-refractivity contribution in [3.05, 3.63) is 11.4 Å². The first-order chi connectivity index (χ1) is 14.0. The molecule has 0 unspecified atom stereocenters. The Morgan fingerprint density at radius 3 is 2.31 bits per heavy atom. The van der Waals surface area contributed by atoms with E-state index in [1.807, 2.05) is 4.90 Å². The zero-order valence-electron chi connectivity index (χ0n) is 17.5. The lowest BCUT2D eigenvalue weighted by atomic mass is 9.92. The van der Waals surface area contributed by atoms with Gasteiger partial charge in [0, 0.05) is 51.9 Å². The zero-order chi connectivity index (χ0) is 20.4. The molecular formula is C20H32N6O3. The van der Waals surface area contributed by atoms with Gasteiger partial charge in [-0.15, -0.1) is 0 Å². The highest BCUT2D eigenvalue weighted by Gasteiger charge is 2.35. The minimum atomic E-state index is -0.0936. The average Bonchev–Trinajstić information content (AvgIpc) is 3.19. The maximum atomic E-state index is 13.0. The van der Waals surface area contributed by atoms with Crippen molar-refractivity contribution in [3.8, 4) is 0 Å². The van der Waals surface area contributed by atoms with Crippen LogP contribution in [0.2, 0.25) is 0 Å². The van der Waals surface area contributed by atoms with E-state index in [1.165, 1.54) is 0 Å². The summed E-state index contributed by atoms with van der Waals surface area (Å²) in [5.74, 6) is 0.365. The SMILES string of the molecule is Cc1nonc1C(=O)N1CCC(N2CCC[C@@H](C(=O)N3CCN(C)CC3)C2)CC1. The van der Waals surface area contributed by atoms with Gasteiger partial charge in [-0.05, 0) is 51.4 Å². The predicted molar refractivity (Wildman–Crippen MR) is 106 cm³/mol. The highest BCUT2D eigenvalue weighted by atomic mass is 16.6. The van der Waals surface area contributed by atoms with Gasteiger partial charge in [0.25, 0.3) is 5.91 Å². The van der Waals surface area contributed by atoms with Crippen molar-refractivity contribution in [2.75, 3.05) is 59.4 Å². The topological polar surface area (TPSA) is 86.0 Å². The monoisotopic (exact) mass is 404 g/mol. The highest BCUT2D eigenvalue weighted by Crippen LogP contribution is 2.26. The predicted octanol–water partition coefficient (Wildman–Crippen LogP) is 0.469. The Balaban J connectivity index is 1.29. The van der Waals surface area contributed by atoms with E-state index in [0.29, 0.717) is 36.4 Å². The molecule has 0 aromatic carbocycles. The van der Waals surface area contributed by atoms with Crippen molar-refractivity contribution in [2.45, 2.75) is 38.6 Å². The largest absolute Gasteiger partial charge is 0.340 e. The van der Waals surface area contributed by atoms with Gasteiger partial charge >= 0.3 is 0 Å². The summed E-state index contributed by atoms with van der Waals surface area (Å²) in [6, 6.07) is 0.443. The fourth-order valence-electron chi connectivity index (χ4n) is 4.83. The van der Waals surface area contributed by atoms with Crippen LogP contribution in [0.4, 0.5) is 0 Å². The molecule has 4 heterocycles. The van der Waals surface area contributed by atoms with Crippen LogP contribution in [0.1, 0.15) is 41.9 Å². The number of aryl methyl sites for hydroxylation is 1. The van der Waals surface area contributed by atoms with E-state index in [-0.39, 0.29) is 11.8 Å². The Morgan fingerprint density at radius 2 is 1.66 bits per heavy atom. The summed E-state index contributed by atoms with van der Waals surface area (Å²) in [4.78, 5) is 34.3. The molecule has 3 aliphatic heterocycles. The van der Waals surface area contributed by atoms with E-state index in [0.717, 1.165) is 65.0 Å². The van der Waals surface area contributed by atoms with Gasteiger partial charge in [0.1, 0.15) is 5.69 Å². The molecule has 160 valence electrons. The van der Waals surface area contributed by atoms with Crippen molar-refractivity contribution in [2.24, 2.45) is 5.92 Å². The summed E-state index contributed by atoms with van der Waals surface area (Å²) < 4.78 is 4.67. The summed E-state index contributed by atoms with van der Waals surface area (Å²) >= 11 is 0. The van der Waals surface area contributed by atoms with Crippen molar-refractivity contribution >= 4 is 11.8 Å². The van der Waals surface area contributed by atoms with Crippen molar-refractivity contribution in [3.63, 3.8) is 0 Å². The second kappa shape index (κ2) is 8.79. The lowest BCUT2D eigenvalue weighted by Crippen LogP contribution is -2.54. The fraction of sp³-hybridized carbons (Fsp3) is 0.800. The zero-order valence-corrected chi connectivity index (χ0v) is 17.5. The van der Waals surface area contributed by atoms with Gasteiger partial charge in [0.15, 0.2) is 5.69 Å². The standard InChI is InChI=1S/C20H32N6O3/c1-15-18(22-29-21-15)20(28)24-8-5-17(6-9-24)26-7-3-4-16(14-26)19(27)25-12-10-23(2)11-13-25/h16-17H,3-14H2,1-2H3/t16-/m1/s1. The average molecular weight is 405 g/mol. The van der Waals surface area contributed by atoms with E-state index in [1.54, 1.807) is 6.92 Å². The molecule has 9 heteroatoms. The molecule has 3 fully saturated rings. The molecule has 29 heavy (non-hydrogen) atoms. The van der Waals surface area contributed by atoms with Gasteiger partial charge in [0.2, 0.25) is 5.91 Å². The quantitative estimate of drug-likeness (QED) is 0.724. The third-order valence-electron chi connectivity index (χ3n) is 6.74. The van der Waals surface area contributed by atoms with E-state index in [2.05, 4.69) is 36.7 Å². The first-order valence-corrected chi connectivity index (χ1v) is 10.8. The van der Waals surface area contributed by atoms with Crippen molar-refractivity contribution in [1.29, 1.82) is 0 Å². The summed E-state index contributed by atoms with van der Waals surface area (Å²) in [6.07, 6.45) is 3.95. The number of amides is 2. The number of piperazine rings is 1. The van der Waals surface area contributed by atoms with Gasteiger partial charge in [-0.25, -0.2) is 4.63 Å². The Kier molecular flexibility index (Phi) is 6.15. The Morgan fingerprint density at radius 1 is 0.931 bits per heavy atom. The maximum Gasteiger partial charge on any atom is 0.278 e. The van der Waals surface area contributed by atoms with Crippen LogP contribution in [0.25, 0.3) is 0 Å². The maximum absolute atomic E-state index is 13.0. The highest BCUT2D eigenvalue weighted by molar-refractivity contribution is 5.93. The van der Waals surface area contributed by atoms with Crippen LogP contribution in [-0.4, -0.2) is 107 Å². The van der Waals surface area contributed by atoms with Crippen LogP contribution in [-0.2, 0) is 4.79 Å². The van der Waals surface area contributed by atoms with Crippen LogP contribution in [0.3, 0.4) is 0 Å². The molecule has 0 saturated carbocycles. The number of nitrogens with zero attached hydrogens (tertiary/aromatic N) is 6. The molecule has 2 amide bonds. The number of hydrogen-bond donors (Lipinski definition) is 0. The molecule has 1 aromatic rings. The minimum absolute atomic E-state index is 0.0936.